The van der Waals surface area contributed by atoms with Crippen molar-refractivity contribution in [2.75, 3.05) is 5.32 Å². The number of aryl methyl sites for hydroxylation is 3. The first kappa shape index (κ1) is 17.0. The van der Waals surface area contributed by atoms with E-state index in [-0.39, 0.29) is 5.91 Å². The van der Waals surface area contributed by atoms with E-state index in [1.54, 1.807) is 0 Å². The number of aromatic nitrogens is 2. The third-order valence-electron chi connectivity index (χ3n) is 4.55. The molecule has 1 amide bonds. The number of nitrogens with zero attached hydrogens (tertiary/aromatic N) is 2. The van der Waals surface area contributed by atoms with Gasteiger partial charge in [-0.3, -0.25) is 9.48 Å². The molecule has 0 fully saturated rings. The van der Waals surface area contributed by atoms with Crippen molar-refractivity contribution >= 4 is 11.6 Å². The maximum atomic E-state index is 12.8. The van der Waals surface area contributed by atoms with Gasteiger partial charge in [-0.05, 0) is 56.5 Å². The number of hydrogen-bond donors (Lipinski definition) is 1. The number of amides is 1. The van der Waals surface area contributed by atoms with Crippen LogP contribution in [0.3, 0.4) is 0 Å². The number of carbonyl (C=O) groups is 1. The van der Waals surface area contributed by atoms with E-state index in [1.165, 1.54) is 5.56 Å². The van der Waals surface area contributed by atoms with Crippen LogP contribution in [-0.4, -0.2) is 15.7 Å². The van der Waals surface area contributed by atoms with Crippen LogP contribution in [-0.2, 0) is 6.54 Å². The molecular formula is C21H23N3O. The highest BCUT2D eigenvalue weighted by Crippen LogP contribution is 2.19. The van der Waals surface area contributed by atoms with Crippen molar-refractivity contribution in [3.8, 4) is 0 Å². The molecule has 0 aliphatic heterocycles. The Balaban J connectivity index is 1.84. The molecule has 0 aliphatic rings. The summed E-state index contributed by atoms with van der Waals surface area (Å²) in [6.45, 7) is 8.58. The predicted octanol–water partition coefficient (Wildman–Crippen LogP) is 4.42. The average Bonchev–Trinajstić information content (AvgIpc) is 2.86. The quantitative estimate of drug-likeness (QED) is 0.768. The van der Waals surface area contributed by atoms with Gasteiger partial charge in [-0.2, -0.15) is 5.10 Å². The zero-order valence-corrected chi connectivity index (χ0v) is 15.1. The first-order valence-electron chi connectivity index (χ1n) is 8.42. The molecule has 0 spiro atoms. The van der Waals surface area contributed by atoms with Crippen molar-refractivity contribution in [2.24, 2.45) is 0 Å². The van der Waals surface area contributed by atoms with E-state index in [0.717, 1.165) is 28.2 Å². The van der Waals surface area contributed by atoms with Crippen molar-refractivity contribution in [1.29, 1.82) is 0 Å². The topological polar surface area (TPSA) is 46.9 Å². The van der Waals surface area contributed by atoms with Gasteiger partial charge in [0, 0.05) is 11.4 Å². The molecule has 4 nitrogen and oxygen atoms in total. The lowest BCUT2D eigenvalue weighted by atomic mass is 10.1. The van der Waals surface area contributed by atoms with Crippen LogP contribution in [0.5, 0.6) is 0 Å². The lowest BCUT2D eigenvalue weighted by molar-refractivity contribution is 0.102. The molecule has 1 heterocycles. The van der Waals surface area contributed by atoms with Gasteiger partial charge < -0.3 is 5.32 Å². The predicted molar refractivity (Wildman–Crippen MR) is 101 cm³/mol. The average molecular weight is 333 g/mol. The Kier molecular flexibility index (Phi) is 4.70. The molecule has 0 saturated carbocycles. The van der Waals surface area contributed by atoms with Crippen molar-refractivity contribution in [1.82, 2.24) is 9.78 Å². The second-order valence-electron chi connectivity index (χ2n) is 6.44. The summed E-state index contributed by atoms with van der Waals surface area (Å²) in [7, 11) is 0. The summed E-state index contributed by atoms with van der Waals surface area (Å²) in [6.07, 6.45) is 0. The lowest BCUT2D eigenvalue weighted by Crippen LogP contribution is -2.14. The summed E-state index contributed by atoms with van der Waals surface area (Å²) < 4.78 is 1.89. The molecule has 0 atom stereocenters. The van der Waals surface area contributed by atoms with Gasteiger partial charge in [0.15, 0.2) is 0 Å². The van der Waals surface area contributed by atoms with Crippen LogP contribution in [0, 0.1) is 27.7 Å². The second kappa shape index (κ2) is 6.93. The number of rotatable bonds is 4. The van der Waals surface area contributed by atoms with Gasteiger partial charge in [0.05, 0.1) is 17.8 Å². The van der Waals surface area contributed by atoms with Crippen LogP contribution in [0.4, 0.5) is 5.69 Å². The molecule has 1 N–H and O–H groups in total. The van der Waals surface area contributed by atoms with E-state index in [2.05, 4.69) is 29.5 Å². The minimum Gasteiger partial charge on any atom is -0.322 e. The first-order valence-corrected chi connectivity index (χ1v) is 8.42. The SMILES string of the molecule is Cc1ccc(NC(=O)c2c(C)nn(Cc3ccccc3)c2C)cc1C. The molecule has 0 unspecified atom stereocenters. The van der Waals surface area contributed by atoms with E-state index >= 15 is 0 Å². The normalized spacial score (nSPS) is 10.7. The van der Waals surface area contributed by atoms with Gasteiger partial charge in [-0.15, -0.1) is 0 Å². The third kappa shape index (κ3) is 3.63. The fourth-order valence-electron chi connectivity index (χ4n) is 2.95. The maximum absolute atomic E-state index is 12.8. The summed E-state index contributed by atoms with van der Waals surface area (Å²) in [5.41, 5.74) is 6.61. The fraction of sp³-hybridized carbons (Fsp3) is 0.238. The first-order chi connectivity index (χ1) is 12.0. The van der Waals surface area contributed by atoms with Crippen LogP contribution >= 0.6 is 0 Å². The smallest absolute Gasteiger partial charge is 0.259 e. The van der Waals surface area contributed by atoms with Gasteiger partial charge in [0.25, 0.3) is 5.91 Å². The Hall–Kier alpha value is -2.88. The van der Waals surface area contributed by atoms with Crippen molar-refractivity contribution in [2.45, 2.75) is 34.2 Å². The monoisotopic (exact) mass is 333 g/mol. The van der Waals surface area contributed by atoms with E-state index in [9.17, 15) is 4.79 Å². The molecule has 3 rings (SSSR count). The number of benzene rings is 2. The Morgan fingerprint density at radius 2 is 1.72 bits per heavy atom. The van der Waals surface area contributed by atoms with E-state index in [1.807, 2.05) is 61.9 Å². The zero-order valence-electron chi connectivity index (χ0n) is 15.1. The Morgan fingerprint density at radius 1 is 1.00 bits per heavy atom. The number of hydrogen-bond acceptors (Lipinski definition) is 2. The van der Waals surface area contributed by atoms with Crippen molar-refractivity contribution < 1.29 is 4.79 Å². The highest BCUT2D eigenvalue weighted by atomic mass is 16.1. The van der Waals surface area contributed by atoms with Gasteiger partial charge in [-0.1, -0.05) is 36.4 Å². The molecule has 0 bridgehead atoms. The lowest BCUT2D eigenvalue weighted by Gasteiger charge is -2.09. The molecular weight excluding hydrogens is 310 g/mol. The minimum absolute atomic E-state index is 0.113. The Morgan fingerprint density at radius 3 is 2.40 bits per heavy atom. The molecule has 0 saturated heterocycles. The van der Waals surface area contributed by atoms with Crippen LogP contribution in [0.15, 0.2) is 48.5 Å². The van der Waals surface area contributed by atoms with E-state index in [0.29, 0.717) is 12.1 Å². The minimum atomic E-state index is -0.113. The van der Waals surface area contributed by atoms with Crippen LogP contribution in [0.2, 0.25) is 0 Å². The molecule has 0 aliphatic carbocycles. The molecule has 4 heteroatoms. The van der Waals surface area contributed by atoms with Crippen LogP contribution in [0.25, 0.3) is 0 Å². The molecule has 128 valence electrons. The van der Waals surface area contributed by atoms with E-state index in [4.69, 9.17) is 0 Å². The Labute approximate surface area is 148 Å². The standard InChI is InChI=1S/C21H23N3O/c1-14-10-11-19(12-15(14)2)22-21(25)20-16(3)23-24(17(20)4)13-18-8-6-5-7-9-18/h5-12H,13H2,1-4H3,(H,22,25). The highest BCUT2D eigenvalue weighted by molar-refractivity contribution is 6.05. The van der Waals surface area contributed by atoms with Gasteiger partial charge in [-0.25, -0.2) is 0 Å². The van der Waals surface area contributed by atoms with Gasteiger partial charge in [0.1, 0.15) is 0 Å². The fourth-order valence-corrected chi connectivity index (χ4v) is 2.95. The zero-order chi connectivity index (χ0) is 18.0. The third-order valence-corrected chi connectivity index (χ3v) is 4.55. The summed E-state index contributed by atoms with van der Waals surface area (Å²) >= 11 is 0. The summed E-state index contributed by atoms with van der Waals surface area (Å²) in [6, 6.07) is 16.1. The number of anilines is 1. The van der Waals surface area contributed by atoms with Crippen LogP contribution in [0.1, 0.15) is 38.4 Å². The molecule has 2 aromatic carbocycles. The highest BCUT2D eigenvalue weighted by Gasteiger charge is 2.19. The largest absolute Gasteiger partial charge is 0.322 e. The van der Waals surface area contributed by atoms with Crippen molar-refractivity contribution in [3.05, 3.63) is 82.2 Å². The second-order valence-corrected chi connectivity index (χ2v) is 6.44. The molecule has 25 heavy (non-hydrogen) atoms. The molecule has 1 aromatic heterocycles. The Bertz CT molecular complexity index is 910. The van der Waals surface area contributed by atoms with Gasteiger partial charge >= 0.3 is 0 Å². The maximum Gasteiger partial charge on any atom is 0.259 e. The molecule has 0 radical (unpaired) electrons. The summed E-state index contributed by atoms with van der Waals surface area (Å²) in [5.74, 6) is -0.113. The number of nitrogens with one attached hydrogen (secondary N) is 1. The summed E-state index contributed by atoms with van der Waals surface area (Å²) in [4.78, 5) is 12.8. The molecule has 3 aromatic rings. The van der Waals surface area contributed by atoms with Crippen LogP contribution < -0.4 is 5.32 Å². The van der Waals surface area contributed by atoms with Gasteiger partial charge in [0.2, 0.25) is 0 Å². The summed E-state index contributed by atoms with van der Waals surface area (Å²) in [5, 5.41) is 7.55. The number of carbonyl (C=O) groups excluding carboxylic acids is 1. The van der Waals surface area contributed by atoms with Crippen molar-refractivity contribution in [3.63, 3.8) is 0 Å². The van der Waals surface area contributed by atoms with E-state index < -0.39 is 0 Å².